The first kappa shape index (κ1) is 19.1. The molecule has 6 nitrogen and oxygen atoms in total. The molecule has 0 unspecified atom stereocenters. The molecule has 3 aromatic heterocycles. The van der Waals surface area contributed by atoms with Gasteiger partial charge in [0.15, 0.2) is 0 Å². The minimum atomic E-state index is 0.00980. The van der Waals surface area contributed by atoms with Crippen LogP contribution in [-0.4, -0.2) is 19.5 Å². The van der Waals surface area contributed by atoms with Crippen LogP contribution in [0.1, 0.15) is 24.5 Å². The van der Waals surface area contributed by atoms with Gasteiger partial charge in [-0.25, -0.2) is 4.98 Å². The van der Waals surface area contributed by atoms with Crippen LogP contribution in [-0.2, 0) is 13.0 Å². The summed E-state index contributed by atoms with van der Waals surface area (Å²) in [6.07, 6.45) is 5.14. The second kappa shape index (κ2) is 8.07. The molecule has 3 heterocycles. The molecule has 2 N–H and O–H groups in total. The first-order valence-corrected chi connectivity index (χ1v) is 10.5. The number of anilines is 2. The van der Waals surface area contributed by atoms with Crippen LogP contribution >= 0.6 is 0 Å². The van der Waals surface area contributed by atoms with Gasteiger partial charge in [0.25, 0.3) is 5.56 Å². The summed E-state index contributed by atoms with van der Waals surface area (Å²) in [5, 5.41) is 5.24. The van der Waals surface area contributed by atoms with E-state index in [2.05, 4.69) is 22.2 Å². The van der Waals surface area contributed by atoms with Crippen molar-refractivity contribution in [3.63, 3.8) is 0 Å². The number of benzene rings is 2. The Morgan fingerprint density at radius 2 is 1.94 bits per heavy atom. The molecule has 0 amide bonds. The van der Waals surface area contributed by atoms with Gasteiger partial charge in [0.2, 0.25) is 5.95 Å². The zero-order chi connectivity index (χ0) is 21.2. The molecule has 0 fully saturated rings. The summed E-state index contributed by atoms with van der Waals surface area (Å²) in [6, 6.07) is 20.0. The third-order valence-electron chi connectivity index (χ3n) is 5.43. The Labute approximate surface area is 179 Å². The maximum Gasteiger partial charge on any atom is 0.255 e. The molecule has 0 aliphatic rings. The molecule has 0 bridgehead atoms. The Hall–Kier alpha value is -3.93. The monoisotopic (exact) mass is 409 g/mol. The molecule has 0 radical (unpaired) electrons. The molecule has 5 rings (SSSR count). The van der Waals surface area contributed by atoms with Gasteiger partial charge in [-0.2, -0.15) is 4.98 Å². The van der Waals surface area contributed by atoms with Crippen molar-refractivity contribution in [1.29, 1.82) is 0 Å². The lowest BCUT2D eigenvalue weighted by molar-refractivity contribution is 0.666. The van der Waals surface area contributed by atoms with Crippen molar-refractivity contribution in [2.24, 2.45) is 0 Å². The van der Waals surface area contributed by atoms with Crippen molar-refractivity contribution in [2.45, 2.75) is 26.3 Å². The molecule has 0 spiro atoms. The van der Waals surface area contributed by atoms with E-state index in [4.69, 9.17) is 4.98 Å². The molecule has 0 aliphatic carbocycles. The Morgan fingerprint density at radius 3 is 2.77 bits per heavy atom. The molecule has 0 aliphatic heterocycles. The van der Waals surface area contributed by atoms with Crippen LogP contribution in [0.2, 0.25) is 0 Å². The smallest absolute Gasteiger partial charge is 0.255 e. The van der Waals surface area contributed by atoms with Gasteiger partial charge in [0, 0.05) is 47.2 Å². The summed E-state index contributed by atoms with van der Waals surface area (Å²) in [6.45, 7) is 2.68. The van der Waals surface area contributed by atoms with Crippen LogP contribution in [0.5, 0.6) is 0 Å². The summed E-state index contributed by atoms with van der Waals surface area (Å²) < 4.78 is 1.78. The van der Waals surface area contributed by atoms with Gasteiger partial charge in [-0.15, -0.1) is 0 Å². The van der Waals surface area contributed by atoms with Crippen molar-refractivity contribution in [3.05, 3.63) is 94.5 Å². The number of H-pyrrole nitrogens is 1. The highest BCUT2D eigenvalue weighted by Crippen LogP contribution is 2.25. The van der Waals surface area contributed by atoms with Crippen molar-refractivity contribution in [3.8, 4) is 0 Å². The van der Waals surface area contributed by atoms with Crippen LogP contribution < -0.4 is 10.9 Å². The van der Waals surface area contributed by atoms with Gasteiger partial charge < -0.3 is 10.3 Å². The highest BCUT2D eigenvalue weighted by Gasteiger charge is 2.13. The van der Waals surface area contributed by atoms with Crippen molar-refractivity contribution < 1.29 is 0 Å². The lowest BCUT2D eigenvalue weighted by Crippen LogP contribution is -2.25. The number of pyridine rings is 1. The fraction of sp³-hybridized carbons (Fsp3) is 0.160. The lowest BCUT2D eigenvalue weighted by atomic mass is 10.1. The second-order valence-corrected chi connectivity index (χ2v) is 7.63. The van der Waals surface area contributed by atoms with E-state index in [-0.39, 0.29) is 5.56 Å². The van der Waals surface area contributed by atoms with E-state index in [0.29, 0.717) is 24.6 Å². The van der Waals surface area contributed by atoms with E-state index in [9.17, 15) is 4.79 Å². The maximum absolute atomic E-state index is 13.3. The number of nitrogens with one attached hydrogen (secondary N) is 2. The second-order valence-electron chi connectivity index (χ2n) is 7.63. The first-order valence-electron chi connectivity index (χ1n) is 10.5. The molecule has 5 aromatic rings. The lowest BCUT2D eigenvalue weighted by Gasteiger charge is -2.13. The molecule has 6 heteroatoms. The first-order chi connectivity index (χ1) is 15.2. The van der Waals surface area contributed by atoms with E-state index >= 15 is 0 Å². The Bertz CT molecular complexity index is 1420. The van der Waals surface area contributed by atoms with Crippen molar-refractivity contribution >= 4 is 33.6 Å². The SMILES string of the molecule is CCCn1c(=O)c(Cc2ccccc2)cc2cnc(Nc3cccc4[nH]ccc34)nc21. The minimum absolute atomic E-state index is 0.00980. The summed E-state index contributed by atoms with van der Waals surface area (Å²) in [5.74, 6) is 0.473. The van der Waals surface area contributed by atoms with Crippen LogP contribution in [0.15, 0.2) is 77.9 Å². The van der Waals surface area contributed by atoms with Crippen LogP contribution in [0.3, 0.4) is 0 Å². The quantitative estimate of drug-likeness (QED) is 0.413. The highest BCUT2D eigenvalue weighted by molar-refractivity contribution is 5.93. The largest absolute Gasteiger partial charge is 0.361 e. The van der Waals surface area contributed by atoms with E-state index in [0.717, 1.165) is 39.5 Å². The maximum atomic E-state index is 13.3. The van der Waals surface area contributed by atoms with Gasteiger partial charge in [-0.05, 0) is 36.2 Å². The normalized spacial score (nSPS) is 11.3. The minimum Gasteiger partial charge on any atom is -0.361 e. The average Bonchev–Trinajstić information content (AvgIpc) is 3.28. The summed E-state index contributed by atoms with van der Waals surface area (Å²) in [5.41, 5.74) is 4.50. The third-order valence-corrected chi connectivity index (χ3v) is 5.43. The number of hydrogen-bond acceptors (Lipinski definition) is 4. The standard InChI is InChI=1S/C25H23N5O/c1-2-13-30-23-19(15-18(24(30)31)14-17-7-4-3-5-8-17)16-27-25(29-23)28-22-10-6-9-21-20(22)11-12-26-21/h3-12,15-16,26H,2,13-14H2,1H3,(H,27,28,29). The van der Waals surface area contributed by atoms with Crippen LogP contribution in [0, 0.1) is 0 Å². The fourth-order valence-electron chi connectivity index (χ4n) is 3.97. The number of nitrogens with zero attached hydrogens (tertiary/aromatic N) is 3. The number of hydrogen-bond donors (Lipinski definition) is 2. The molecule has 154 valence electrons. The van der Waals surface area contributed by atoms with E-state index in [1.54, 1.807) is 10.8 Å². The highest BCUT2D eigenvalue weighted by atomic mass is 16.1. The van der Waals surface area contributed by atoms with Crippen LogP contribution in [0.4, 0.5) is 11.6 Å². The van der Waals surface area contributed by atoms with Gasteiger partial charge in [-0.3, -0.25) is 9.36 Å². The molecule has 31 heavy (non-hydrogen) atoms. The molecular formula is C25H23N5O. The predicted molar refractivity (Wildman–Crippen MR) is 125 cm³/mol. The number of aromatic nitrogens is 4. The van der Waals surface area contributed by atoms with Gasteiger partial charge >= 0.3 is 0 Å². The molecular weight excluding hydrogens is 386 g/mol. The summed E-state index contributed by atoms with van der Waals surface area (Å²) in [7, 11) is 0. The number of aryl methyl sites for hydroxylation is 1. The van der Waals surface area contributed by atoms with Crippen LogP contribution in [0.25, 0.3) is 21.9 Å². The fourth-order valence-corrected chi connectivity index (χ4v) is 3.97. The zero-order valence-electron chi connectivity index (χ0n) is 17.3. The van der Waals surface area contributed by atoms with Crippen molar-refractivity contribution in [1.82, 2.24) is 19.5 Å². The Morgan fingerprint density at radius 1 is 1.06 bits per heavy atom. The zero-order valence-corrected chi connectivity index (χ0v) is 17.3. The van der Waals surface area contributed by atoms with Gasteiger partial charge in [0.1, 0.15) is 5.65 Å². The predicted octanol–water partition coefficient (Wildman–Crippen LogP) is 5.02. The average molecular weight is 409 g/mol. The van der Waals surface area contributed by atoms with Gasteiger partial charge in [0.05, 0.1) is 5.69 Å². The molecule has 2 aromatic carbocycles. The topological polar surface area (TPSA) is 75.6 Å². The van der Waals surface area contributed by atoms with E-state index in [1.165, 1.54) is 0 Å². The Balaban J connectivity index is 1.57. The van der Waals surface area contributed by atoms with E-state index < -0.39 is 0 Å². The Kier molecular flexibility index (Phi) is 4.96. The number of aromatic amines is 1. The third kappa shape index (κ3) is 3.68. The summed E-state index contributed by atoms with van der Waals surface area (Å²) >= 11 is 0. The van der Waals surface area contributed by atoms with E-state index in [1.807, 2.05) is 66.9 Å². The molecule has 0 saturated heterocycles. The summed E-state index contributed by atoms with van der Waals surface area (Å²) in [4.78, 5) is 25.7. The molecule has 0 atom stereocenters. The number of fused-ring (bicyclic) bond motifs is 2. The number of rotatable bonds is 6. The van der Waals surface area contributed by atoms with Gasteiger partial charge in [-0.1, -0.05) is 43.3 Å². The molecule has 0 saturated carbocycles. The van der Waals surface area contributed by atoms with Crippen molar-refractivity contribution in [2.75, 3.05) is 5.32 Å².